The molecule has 0 aliphatic rings. The van der Waals surface area contributed by atoms with Crippen LogP contribution in [0.5, 0.6) is 11.5 Å². The molecule has 0 aliphatic carbocycles. The van der Waals surface area contributed by atoms with Gasteiger partial charge in [0.1, 0.15) is 0 Å². The Morgan fingerprint density at radius 2 is 1.90 bits per heavy atom. The van der Waals surface area contributed by atoms with E-state index < -0.39 is 0 Å². The van der Waals surface area contributed by atoms with Gasteiger partial charge < -0.3 is 20.1 Å². The molecule has 0 atom stereocenters. The zero-order valence-electron chi connectivity index (χ0n) is 12.9. The number of carbonyl (C=O) groups is 1. The van der Waals surface area contributed by atoms with Crippen molar-refractivity contribution in [3.05, 3.63) is 23.8 Å². The maximum absolute atomic E-state index is 12.4. The zero-order valence-corrected chi connectivity index (χ0v) is 13.7. The predicted octanol–water partition coefficient (Wildman–Crippen LogP) is 1.77. The molecule has 0 fully saturated rings. The van der Waals surface area contributed by atoms with Crippen molar-refractivity contribution < 1.29 is 14.3 Å². The molecule has 0 saturated carbocycles. The molecule has 1 rings (SSSR count). The highest BCUT2D eigenvalue weighted by Gasteiger charge is 2.18. The third-order valence-electron chi connectivity index (χ3n) is 3.07. The average molecular weight is 310 g/mol. The molecule has 1 aromatic rings. The fourth-order valence-corrected chi connectivity index (χ4v) is 2.13. The Balaban J connectivity index is 2.88. The van der Waals surface area contributed by atoms with Gasteiger partial charge in [-0.25, -0.2) is 0 Å². The van der Waals surface area contributed by atoms with Crippen molar-refractivity contribution in [1.29, 1.82) is 0 Å². The molecule has 0 spiro atoms. The van der Waals surface area contributed by atoms with Crippen LogP contribution in [0, 0.1) is 0 Å². The summed E-state index contributed by atoms with van der Waals surface area (Å²) in [5.74, 6) is 1.22. The SMILES string of the molecule is COc1ccc(CC(=O)N(CC(N)=S)C(C)C)cc1OC. The highest BCUT2D eigenvalue weighted by atomic mass is 32.1. The van der Waals surface area contributed by atoms with E-state index in [-0.39, 0.29) is 18.4 Å². The van der Waals surface area contributed by atoms with Crippen molar-refractivity contribution in [2.24, 2.45) is 5.73 Å². The van der Waals surface area contributed by atoms with Crippen LogP contribution in [0.4, 0.5) is 0 Å². The van der Waals surface area contributed by atoms with Crippen molar-refractivity contribution in [3.8, 4) is 11.5 Å². The van der Waals surface area contributed by atoms with E-state index in [2.05, 4.69) is 0 Å². The first-order valence-electron chi connectivity index (χ1n) is 6.67. The number of carbonyl (C=O) groups excluding carboxylic acids is 1. The monoisotopic (exact) mass is 310 g/mol. The number of hydrogen-bond acceptors (Lipinski definition) is 4. The van der Waals surface area contributed by atoms with Crippen LogP contribution in [-0.2, 0) is 11.2 Å². The van der Waals surface area contributed by atoms with E-state index in [0.717, 1.165) is 5.56 Å². The summed E-state index contributed by atoms with van der Waals surface area (Å²) < 4.78 is 10.4. The number of amides is 1. The summed E-state index contributed by atoms with van der Waals surface area (Å²) in [6, 6.07) is 5.47. The van der Waals surface area contributed by atoms with Gasteiger partial charge in [0, 0.05) is 6.04 Å². The first-order valence-corrected chi connectivity index (χ1v) is 7.08. The number of rotatable bonds is 7. The van der Waals surface area contributed by atoms with Crippen LogP contribution in [0.1, 0.15) is 19.4 Å². The molecule has 0 bridgehead atoms. The van der Waals surface area contributed by atoms with Crippen molar-refractivity contribution in [2.75, 3.05) is 20.8 Å². The minimum Gasteiger partial charge on any atom is -0.493 e. The molecule has 0 radical (unpaired) electrons. The number of methoxy groups -OCH3 is 2. The normalized spacial score (nSPS) is 10.3. The van der Waals surface area contributed by atoms with Crippen LogP contribution in [0.15, 0.2) is 18.2 Å². The number of benzene rings is 1. The lowest BCUT2D eigenvalue weighted by Gasteiger charge is -2.26. The molecule has 1 aromatic carbocycles. The minimum absolute atomic E-state index is 0.0231. The van der Waals surface area contributed by atoms with Crippen LogP contribution in [0.3, 0.4) is 0 Å². The van der Waals surface area contributed by atoms with E-state index in [1.54, 1.807) is 31.3 Å². The first kappa shape index (κ1) is 17.2. The van der Waals surface area contributed by atoms with Crippen molar-refractivity contribution in [2.45, 2.75) is 26.3 Å². The van der Waals surface area contributed by atoms with Crippen LogP contribution in [-0.4, -0.2) is 42.6 Å². The van der Waals surface area contributed by atoms with Crippen molar-refractivity contribution in [1.82, 2.24) is 4.90 Å². The molecule has 21 heavy (non-hydrogen) atoms. The van der Waals surface area contributed by atoms with Gasteiger partial charge in [0.15, 0.2) is 11.5 Å². The first-order chi connectivity index (χ1) is 9.88. The Kier molecular flexibility index (Phi) is 6.42. The summed E-state index contributed by atoms with van der Waals surface area (Å²) in [7, 11) is 3.14. The van der Waals surface area contributed by atoms with Gasteiger partial charge >= 0.3 is 0 Å². The molecular weight excluding hydrogens is 288 g/mol. The molecule has 116 valence electrons. The van der Waals surface area contributed by atoms with Gasteiger partial charge in [-0.1, -0.05) is 18.3 Å². The lowest BCUT2D eigenvalue weighted by molar-refractivity contribution is -0.131. The molecule has 1 amide bonds. The van der Waals surface area contributed by atoms with Gasteiger partial charge in [-0.3, -0.25) is 4.79 Å². The van der Waals surface area contributed by atoms with Gasteiger partial charge in [-0.15, -0.1) is 0 Å². The van der Waals surface area contributed by atoms with Gasteiger partial charge in [0.05, 0.1) is 32.2 Å². The Morgan fingerprint density at radius 3 is 2.38 bits per heavy atom. The quantitative estimate of drug-likeness (QED) is 0.778. The second-order valence-electron chi connectivity index (χ2n) is 4.95. The molecule has 0 aliphatic heterocycles. The van der Waals surface area contributed by atoms with Crippen molar-refractivity contribution in [3.63, 3.8) is 0 Å². The fourth-order valence-electron chi connectivity index (χ4n) is 1.99. The average Bonchev–Trinajstić information content (AvgIpc) is 2.43. The summed E-state index contributed by atoms with van der Waals surface area (Å²) in [6.45, 7) is 4.16. The largest absolute Gasteiger partial charge is 0.493 e. The van der Waals surface area contributed by atoms with E-state index in [9.17, 15) is 4.79 Å². The second kappa shape index (κ2) is 7.83. The number of nitrogens with zero attached hydrogens (tertiary/aromatic N) is 1. The molecule has 0 aromatic heterocycles. The molecule has 0 heterocycles. The fraction of sp³-hybridized carbons (Fsp3) is 0.467. The van der Waals surface area contributed by atoms with E-state index in [0.29, 0.717) is 23.0 Å². The minimum atomic E-state index is -0.0231. The maximum atomic E-state index is 12.4. The second-order valence-corrected chi connectivity index (χ2v) is 5.47. The highest BCUT2D eigenvalue weighted by molar-refractivity contribution is 7.80. The van der Waals surface area contributed by atoms with Gasteiger partial charge in [-0.2, -0.15) is 0 Å². The maximum Gasteiger partial charge on any atom is 0.227 e. The van der Waals surface area contributed by atoms with E-state index in [4.69, 9.17) is 27.4 Å². The van der Waals surface area contributed by atoms with Crippen LogP contribution in [0.2, 0.25) is 0 Å². The molecule has 0 unspecified atom stereocenters. The van der Waals surface area contributed by atoms with Crippen LogP contribution >= 0.6 is 12.2 Å². The van der Waals surface area contributed by atoms with Gasteiger partial charge in [0.2, 0.25) is 5.91 Å². The van der Waals surface area contributed by atoms with Gasteiger partial charge in [-0.05, 0) is 31.5 Å². The number of hydrogen-bond donors (Lipinski definition) is 1. The Hall–Kier alpha value is -1.82. The van der Waals surface area contributed by atoms with E-state index in [1.165, 1.54) is 0 Å². The number of thiocarbonyl (C=S) groups is 1. The molecule has 6 heteroatoms. The number of nitrogens with two attached hydrogens (primary N) is 1. The Morgan fingerprint density at radius 1 is 1.29 bits per heavy atom. The van der Waals surface area contributed by atoms with Crippen molar-refractivity contribution >= 4 is 23.1 Å². The summed E-state index contributed by atoms with van der Waals surface area (Å²) >= 11 is 4.89. The predicted molar refractivity (Wildman–Crippen MR) is 86.9 cm³/mol. The lowest BCUT2D eigenvalue weighted by atomic mass is 10.1. The standard InChI is InChI=1S/C15H22N2O3S/c1-10(2)17(9-14(16)21)15(18)8-11-5-6-12(19-3)13(7-11)20-4/h5-7,10H,8-9H2,1-4H3,(H2,16,21). The Bertz CT molecular complexity index is 518. The van der Waals surface area contributed by atoms with E-state index in [1.807, 2.05) is 19.9 Å². The van der Waals surface area contributed by atoms with Gasteiger partial charge in [0.25, 0.3) is 0 Å². The lowest BCUT2D eigenvalue weighted by Crippen LogP contribution is -2.42. The third kappa shape index (κ3) is 4.90. The number of ether oxygens (including phenoxy) is 2. The topological polar surface area (TPSA) is 64.8 Å². The van der Waals surface area contributed by atoms with Crippen LogP contribution < -0.4 is 15.2 Å². The highest BCUT2D eigenvalue weighted by Crippen LogP contribution is 2.27. The molecule has 5 nitrogen and oxygen atoms in total. The summed E-state index contributed by atoms with van der Waals surface area (Å²) in [6.07, 6.45) is 0.265. The zero-order chi connectivity index (χ0) is 16.0. The van der Waals surface area contributed by atoms with Crippen LogP contribution in [0.25, 0.3) is 0 Å². The Labute approximate surface area is 131 Å². The third-order valence-corrected chi connectivity index (χ3v) is 3.20. The summed E-state index contributed by atoms with van der Waals surface area (Å²) in [5, 5.41) is 0. The molecule has 0 saturated heterocycles. The molecule has 2 N–H and O–H groups in total. The summed E-state index contributed by atoms with van der Waals surface area (Å²) in [4.78, 5) is 14.4. The summed E-state index contributed by atoms with van der Waals surface area (Å²) in [5.41, 5.74) is 6.40. The van der Waals surface area contributed by atoms with E-state index >= 15 is 0 Å². The molecular formula is C15H22N2O3S. The smallest absolute Gasteiger partial charge is 0.227 e.